The Balaban J connectivity index is 1.55. The third-order valence-corrected chi connectivity index (χ3v) is 4.85. The molecule has 1 unspecified atom stereocenters. The van der Waals surface area contributed by atoms with E-state index in [-0.39, 0.29) is 5.91 Å². The molecule has 0 saturated heterocycles. The standard InChI is InChI=1S/C23H21N2O2/c24-23(26)22-21-12-5-4-8-18(21)13-14-25(22)16-17-7-6-11-20(15-17)27-19-9-2-1-3-10-19/h1-3,5-12,15,22H,13-14,16H2,(H2,24,26). The Morgan fingerprint density at radius 3 is 2.74 bits per heavy atom. The second-order valence-electron chi connectivity index (χ2n) is 6.71. The Morgan fingerprint density at radius 1 is 1.11 bits per heavy atom. The number of hydrogen-bond donors (Lipinski definition) is 1. The molecule has 27 heavy (non-hydrogen) atoms. The topological polar surface area (TPSA) is 55.6 Å². The van der Waals surface area contributed by atoms with Crippen LogP contribution in [0.25, 0.3) is 0 Å². The number of nitrogens with zero attached hydrogens (tertiary/aromatic N) is 1. The van der Waals surface area contributed by atoms with Gasteiger partial charge in [0, 0.05) is 13.1 Å². The predicted molar refractivity (Wildman–Crippen MR) is 104 cm³/mol. The van der Waals surface area contributed by atoms with E-state index in [9.17, 15) is 4.79 Å². The first-order valence-electron chi connectivity index (χ1n) is 9.05. The van der Waals surface area contributed by atoms with E-state index in [1.807, 2.05) is 72.8 Å². The zero-order valence-corrected chi connectivity index (χ0v) is 15.0. The average Bonchev–Trinajstić information content (AvgIpc) is 2.68. The maximum absolute atomic E-state index is 12.2. The lowest BCUT2D eigenvalue weighted by molar-refractivity contribution is -0.124. The summed E-state index contributed by atoms with van der Waals surface area (Å²) in [7, 11) is 0. The average molecular weight is 357 g/mol. The lowest BCUT2D eigenvalue weighted by atomic mass is 9.92. The van der Waals surface area contributed by atoms with E-state index < -0.39 is 6.04 Å². The van der Waals surface area contributed by atoms with Gasteiger partial charge in [-0.05, 0) is 53.4 Å². The summed E-state index contributed by atoms with van der Waals surface area (Å²) in [5.41, 5.74) is 8.97. The fraction of sp³-hybridized carbons (Fsp3) is 0.174. The Hall–Kier alpha value is -3.11. The van der Waals surface area contributed by atoms with Crippen molar-refractivity contribution in [1.29, 1.82) is 0 Å². The molecule has 1 heterocycles. The number of amides is 1. The van der Waals surface area contributed by atoms with Crippen molar-refractivity contribution >= 4 is 5.91 Å². The summed E-state index contributed by atoms with van der Waals surface area (Å²) in [5, 5.41) is 0. The molecule has 4 nitrogen and oxygen atoms in total. The van der Waals surface area contributed by atoms with E-state index in [4.69, 9.17) is 10.5 Å². The summed E-state index contributed by atoms with van der Waals surface area (Å²) in [6.07, 6.45) is 0.886. The van der Waals surface area contributed by atoms with Crippen LogP contribution in [0.2, 0.25) is 0 Å². The molecular formula is C23H21N2O2. The van der Waals surface area contributed by atoms with Crippen molar-refractivity contribution in [3.8, 4) is 11.5 Å². The molecule has 4 heteroatoms. The van der Waals surface area contributed by atoms with Gasteiger partial charge in [-0.3, -0.25) is 9.69 Å². The number of hydrogen-bond acceptors (Lipinski definition) is 3. The third kappa shape index (κ3) is 3.86. The SMILES string of the molecule is NC(=O)C1c2cc[c]cc2CCN1Cc1cccc(Oc2ccccc2)c1. The van der Waals surface area contributed by atoms with Gasteiger partial charge in [-0.15, -0.1) is 0 Å². The van der Waals surface area contributed by atoms with Gasteiger partial charge in [0.25, 0.3) is 0 Å². The zero-order chi connectivity index (χ0) is 18.6. The fourth-order valence-electron chi connectivity index (χ4n) is 3.62. The van der Waals surface area contributed by atoms with E-state index in [1.165, 1.54) is 0 Å². The van der Waals surface area contributed by atoms with Crippen LogP contribution in [0.4, 0.5) is 0 Å². The van der Waals surface area contributed by atoms with Crippen LogP contribution in [0.5, 0.6) is 11.5 Å². The number of carbonyl (C=O) groups is 1. The van der Waals surface area contributed by atoms with Crippen molar-refractivity contribution in [3.63, 3.8) is 0 Å². The lowest BCUT2D eigenvalue weighted by Gasteiger charge is -2.35. The van der Waals surface area contributed by atoms with Crippen LogP contribution in [0.3, 0.4) is 0 Å². The van der Waals surface area contributed by atoms with E-state index in [0.29, 0.717) is 6.54 Å². The van der Waals surface area contributed by atoms with Crippen molar-refractivity contribution in [2.75, 3.05) is 6.54 Å². The summed E-state index contributed by atoms with van der Waals surface area (Å²) in [6.45, 7) is 1.42. The van der Waals surface area contributed by atoms with Gasteiger partial charge in [0.05, 0.1) is 0 Å². The van der Waals surface area contributed by atoms with Crippen LogP contribution in [-0.4, -0.2) is 17.4 Å². The fourth-order valence-corrected chi connectivity index (χ4v) is 3.62. The summed E-state index contributed by atoms with van der Waals surface area (Å²) in [5.74, 6) is 1.26. The Labute approximate surface area is 159 Å². The largest absolute Gasteiger partial charge is 0.457 e. The molecule has 3 aromatic rings. The van der Waals surface area contributed by atoms with Crippen molar-refractivity contribution in [2.24, 2.45) is 5.73 Å². The number of para-hydroxylation sites is 1. The number of fused-ring (bicyclic) bond motifs is 1. The molecule has 0 aliphatic carbocycles. The van der Waals surface area contributed by atoms with Crippen LogP contribution in [0.15, 0.2) is 72.8 Å². The van der Waals surface area contributed by atoms with Crippen molar-refractivity contribution in [3.05, 3.63) is 95.6 Å². The summed E-state index contributed by atoms with van der Waals surface area (Å²) < 4.78 is 5.92. The minimum atomic E-state index is -0.415. The summed E-state index contributed by atoms with van der Waals surface area (Å²) in [4.78, 5) is 14.3. The molecule has 4 rings (SSSR count). The second kappa shape index (κ2) is 7.64. The Morgan fingerprint density at radius 2 is 1.93 bits per heavy atom. The Bertz CT molecular complexity index is 940. The molecule has 0 spiro atoms. The van der Waals surface area contributed by atoms with Crippen molar-refractivity contribution < 1.29 is 9.53 Å². The molecule has 3 aromatic carbocycles. The van der Waals surface area contributed by atoms with Gasteiger partial charge in [0.1, 0.15) is 17.5 Å². The highest BCUT2D eigenvalue weighted by molar-refractivity contribution is 5.82. The molecule has 2 N–H and O–H groups in total. The number of rotatable bonds is 5. The van der Waals surface area contributed by atoms with E-state index in [2.05, 4.69) is 11.0 Å². The monoisotopic (exact) mass is 357 g/mol. The molecule has 1 aliphatic rings. The second-order valence-corrected chi connectivity index (χ2v) is 6.71. The molecule has 0 fully saturated rings. The highest BCUT2D eigenvalue weighted by Gasteiger charge is 2.31. The molecule has 1 aliphatic heterocycles. The number of carbonyl (C=O) groups excluding carboxylic acids is 1. The number of benzene rings is 3. The van der Waals surface area contributed by atoms with E-state index in [1.54, 1.807) is 0 Å². The van der Waals surface area contributed by atoms with Gasteiger partial charge in [-0.2, -0.15) is 0 Å². The first-order chi connectivity index (χ1) is 13.2. The minimum Gasteiger partial charge on any atom is -0.457 e. The number of primary amides is 1. The van der Waals surface area contributed by atoms with Crippen LogP contribution >= 0.6 is 0 Å². The van der Waals surface area contributed by atoms with Crippen LogP contribution < -0.4 is 10.5 Å². The zero-order valence-electron chi connectivity index (χ0n) is 15.0. The quantitative estimate of drug-likeness (QED) is 0.754. The van der Waals surface area contributed by atoms with Crippen molar-refractivity contribution in [1.82, 2.24) is 4.90 Å². The molecular weight excluding hydrogens is 336 g/mol. The van der Waals surface area contributed by atoms with Gasteiger partial charge < -0.3 is 10.5 Å². The molecule has 0 bridgehead atoms. The maximum atomic E-state index is 12.2. The van der Waals surface area contributed by atoms with Crippen LogP contribution in [0, 0.1) is 6.07 Å². The maximum Gasteiger partial charge on any atom is 0.239 e. The highest BCUT2D eigenvalue weighted by atomic mass is 16.5. The van der Waals surface area contributed by atoms with Gasteiger partial charge in [-0.25, -0.2) is 0 Å². The normalized spacial score (nSPS) is 16.5. The molecule has 1 amide bonds. The van der Waals surface area contributed by atoms with Gasteiger partial charge in [0.2, 0.25) is 5.91 Å². The number of ether oxygens (including phenoxy) is 1. The lowest BCUT2D eigenvalue weighted by Crippen LogP contribution is -2.42. The third-order valence-electron chi connectivity index (χ3n) is 4.85. The molecule has 135 valence electrons. The van der Waals surface area contributed by atoms with Gasteiger partial charge in [0.15, 0.2) is 0 Å². The van der Waals surface area contributed by atoms with Gasteiger partial charge >= 0.3 is 0 Å². The van der Waals surface area contributed by atoms with Gasteiger partial charge in [-0.1, -0.05) is 48.5 Å². The van der Waals surface area contributed by atoms with Crippen molar-refractivity contribution in [2.45, 2.75) is 19.0 Å². The van der Waals surface area contributed by atoms with Crippen LogP contribution in [-0.2, 0) is 17.8 Å². The molecule has 1 atom stereocenters. The van der Waals surface area contributed by atoms with E-state index >= 15 is 0 Å². The molecule has 1 radical (unpaired) electrons. The smallest absolute Gasteiger partial charge is 0.239 e. The predicted octanol–water partition coefficient (Wildman–Crippen LogP) is 3.86. The first-order valence-corrected chi connectivity index (χ1v) is 9.05. The molecule has 0 saturated carbocycles. The summed E-state index contributed by atoms with van der Waals surface area (Å²) >= 11 is 0. The van der Waals surface area contributed by atoms with E-state index in [0.717, 1.165) is 41.2 Å². The van der Waals surface area contributed by atoms with Crippen LogP contribution in [0.1, 0.15) is 22.7 Å². The first kappa shape index (κ1) is 17.3. The number of nitrogens with two attached hydrogens (primary N) is 1. The Kier molecular flexibility index (Phi) is 4.90. The summed E-state index contributed by atoms with van der Waals surface area (Å²) in [6, 6.07) is 26.1. The highest BCUT2D eigenvalue weighted by Crippen LogP contribution is 2.31. The molecule has 0 aromatic heterocycles. The minimum absolute atomic E-state index is 0.321.